The molecule has 5 rings (SSSR count). The monoisotopic (exact) mass is 784 g/mol. The van der Waals surface area contributed by atoms with Gasteiger partial charge in [-0.15, -0.1) is 23.1 Å². The van der Waals surface area contributed by atoms with E-state index in [9.17, 15) is 14.4 Å². The third-order valence-corrected chi connectivity index (χ3v) is 16.4. The van der Waals surface area contributed by atoms with Crippen LogP contribution in [-0.4, -0.2) is 64.5 Å². The number of fused-ring (bicyclic) bond motifs is 1. The number of unbranched alkanes of at least 4 members (excludes halogenated alkanes) is 3. The predicted octanol–water partition coefficient (Wildman–Crippen LogP) is 5.70. The molecule has 2 aliphatic heterocycles. The Morgan fingerprint density at radius 2 is 1.45 bits per heavy atom. The van der Waals surface area contributed by atoms with Crippen LogP contribution in [0.5, 0.6) is 0 Å². The maximum Gasteiger partial charge on any atom is 0.356 e. The molecule has 264 valence electrons. The lowest BCUT2D eigenvalue weighted by molar-refractivity contribution is -0.154. The number of nitrogens with one attached hydrogen (secondary N) is 1. The molecule has 49 heavy (non-hydrogen) atoms. The molecule has 1 fully saturated rings. The van der Waals surface area contributed by atoms with Gasteiger partial charge < -0.3 is 27.0 Å². The lowest BCUT2D eigenvalue weighted by Crippen LogP contribution is -3.00. The minimum atomic E-state index is -1.44. The van der Waals surface area contributed by atoms with Gasteiger partial charge in [0.15, 0.2) is 6.10 Å². The van der Waals surface area contributed by atoms with Gasteiger partial charge in [-0.1, -0.05) is 107 Å². The van der Waals surface area contributed by atoms with E-state index in [0.29, 0.717) is 11.4 Å². The highest BCUT2D eigenvalue weighted by Gasteiger charge is 2.55. The van der Waals surface area contributed by atoms with Crippen molar-refractivity contribution in [3.8, 4) is 0 Å². The first kappa shape index (κ1) is 39.3. The maximum absolute atomic E-state index is 14.6. The lowest BCUT2D eigenvalue weighted by Gasteiger charge is -2.50. The Hall–Kier alpha value is -2.45. The topological polar surface area (TPSA) is 75.7 Å². The summed E-state index contributed by atoms with van der Waals surface area (Å²) in [6, 6.07) is 22.8. The molecule has 10 heteroatoms. The summed E-state index contributed by atoms with van der Waals surface area (Å²) in [5, 5.41) is 4.60. The zero-order chi connectivity index (χ0) is 33.9. The van der Waals surface area contributed by atoms with Crippen molar-refractivity contribution in [3.63, 3.8) is 0 Å². The average molecular weight is 786 g/mol. The molecule has 0 spiro atoms. The van der Waals surface area contributed by atoms with Crippen molar-refractivity contribution in [1.82, 2.24) is 10.2 Å². The molecule has 6 nitrogen and oxygen atoms in total. The number of β-lactam (4-membered cyclic amide) rings is 1. The van der Waals surface area contributed by atoms with E-state index in [4.69, 9.17) is 4.74 Å². The number of halogens is 1. The molecule has 0 saturated carbocycles. The first-order chi connectivity index (χ1) is 23.4. The summed E-state index contributed by atoms with van der Waals surface area (Å²) in [7, 11) is -1.44. The third-order valence-electron chi connectivity index (χ3n) is 9.39. The number of nitrogens with zero attached hydrogens (tertiary/aromatic N) is 1. The first-order valence-electron chi connectivity index (χ1n) is 17.5. The molecule has 0 unspecified atom stereocenters. The minimum absolute atomic E-state index is 0. The van der Waals surface area contributed by atoms with Gasteiger partial charge in [-0.3, -0.25) is 14.5 Å². The number of esters is 1. The molecule has 2 atom stereocenters. The predicted molar refractivity (Wildman–Crippen MR) is 202 cm³/mol. The fraction of sp³-hybridized carbons (Fsp3) is 0.462. The van der Waals surface area contributed by atoms with Crippen molar-refractivity contribution in [1.29, 1.82) is 0 Å². The fourth-order valence-corrected chi connectivity index (χ4v) is 14.2. The van der Waals surface area contributed by atoms with Crippen LogP contribution in [0.3, 0.4) is 0 Å². The summed E-state index contributed by atoms with van der Waals surface area (Å²) in [5.74, 6) is -0.202. The van der Waals surface area contributed by atoms with Crippen LogP contribution < -0.4 is 22.3 Å². The highest BCUT2D eigenvalue weighted by atomic mass is 79.9. The van der Waals surface area contributed by atoms with Crippen molar-refractivity contribution >= 4 is 48.1 Å². The number of benzene rings is 2. The molecule has 2 amide bonds. The van der Waals surface area contributed by atoms with Gasteiger partial charge in [0.25, 0.3) is 5.91 Å². The average Bonchev–Trinajstić information content (AvgIpc) is 3.63. The van der Waals surface area contributed by atoms with Crippen LogP contribution in [0.15, 0.2) is 89.4 Å². The van der Waals surface area contributed by atoms with Gasteiger partial charge in [0.1, 0.15) is 17.1 Å². The summed E-state index contributed by atoms with van der Waals surface area (Å²) in [6.45, 7) is 6.78. The van der Waals surface area contributed by atoms with Gasteiger partial charge in [0.05, 0.1) is 31.1 Å². The molecule has 1 aromatic heterocycles. The highest BCUT2D eigenvalue weighted by Crippen LogP contribution is 2.63. The van der Waals surface area contributed by atoms with Crippen molar-refractivity contribution in [3.05, 3.63) is 105 Å². The molecule has 2 aliphatic rings. The van der Waals surface area contributed by atoms with E-state index in [1.165, 1.54) is 49.1 Å². The molecular weight excluding hydrogens is 735 g/mol. The lowest BCUT2D eigenvalue weighted by atomic mass is 10.0. The van der Waals surface area contributed by atoms with E-state index in [2.05, 4.69) is 26.1 Å². The molecule has 1 N–H and O–H groups in total. The molecule has 3 aromatic rings. The number of hydrogen-bond donors (Lipinski definition) is 1. The van der Waals surface area contributed by atoms with Gasteiger partial charge in [-0.25, -0.2) is 4.79 Å². The summed E-state index contributed by atoms with van der Waals surface area (Å²) >= 11 is 3.20. The number of carbonyl (C=O) groups excluding carboxylic acids is 3. The van der Waals surface area contributed by atoms with Crippen molar-refractivity contribution in [2.45, 2.75) is 83.2 Å². The van der Waals surface area contributed by atoms with E-state index >= 15 is 0 Å². The number of rotatable bonds is 18. The van der Waals surface area contributed by atoms with E-state index in [0.717, 1.165) is 47.0 Å². The van der Waals surface area contributed by atoms with Crippen LogP contribution in [0, 0.1) is 0 Å². The van der Waals surface area contributed by atoms with Crippen LogP contribution in [0.2, 0.25) is 0 Å². The smallest absolute Gasteiger partial charge is 0.356 e. The summed E-state index contributed by atoms with van der Waals surface area (Å²) in [5.41, 5.74) is 3.23. The van der Waals surface area contributed by atoms with E-state index in [1.807, 2.05) is 78.2 Å². The van der Waals surface area contributed by atoms with Gasteiger partial charge in [-0.2, -0.15) is 0 Å². The van der Waals surface area contributed by atoms with Crippen LogP contribution in [-0.2, 0) is 25.5 Å². The van der Waals surface area contributed by atoms with Crippen LogP contribution >= 0.6 is 30.4 Å². The molecular formula is C39H50BrN2O4PS2. The van der Waals surface area contributed by atoms with Crippen molar-refractivity contribution in [2.24, 2.45) is 0 Å². The second kappa shape index (κ2) is 19.2. The van der Waals surface area contributed by atoms with Gasteiger partial charge in [0.2, 0.25) is 5.91 Å². The maximum atomic E-state index is 14.6. The Morgan fingerprint density at radius 1 is 0.878 bits per heavy atom. The van der Waals surface area contributed by atoms with Crippen LogP contribution in [0.1, 0.15) is 81.4 Å². The summed E-state index contributed by atoms with van der Waals surface area (Å²) < 4.78 is 6.46. The van der Waals surface area contributed by atoms with Gasteiger partial charge >= 0.3 is 5.97 Å². The van der Waals surface area contributed by atoms with Gasteiger partial charge in [-0.05, 0) is 41.8 Å². The Kier molecular flexibility index (Phi) is 15.4. The third kappa shape index (κ3) is 9.87. The standard InChI is InChI=1S/C39H49N2O4PS2.BrH/c1-4-7-22-46(23-8-5-2,24-9-6-3)27-31-28-48-38-34(40-33(42)26-32-21-16-25-47-32)37(43)41(38)35(31)39(44)45-36(29-17-12-10-13-18-29)30-19-14-11-15-20-30;/h10-21,25,34,36,38H,4-9,22-24,26-28H2,1-3H3;1H/t34-,38-;/m1./s1. The Labute approximate surface area is 312 Å². The summed E-state index contributed by atoms with van der Waals surface area (Å²) in [4.78, 5) is 44.2. The van der Waals surface area contributed by atoms with E-state index in [1.54, 1.807) is 16.7 Å². The quantitative estimate of drug-likeness (QED) is 0.102. The zero-order valence-electron chi connectivity index (χ0n) is 28.9. The molecule has 1 saturated heterocycles. The number of ether oxygens (including phenoxy) is 1. The molecule has 0 bridgehead atoms. The minimum Gasteiger partial charge on any atom is -1.00 e. The molecule has 0 aliphatic carbocycles. The normalized spacial score (nSPS) is 17.3. The van der Waals surface area contributed by atoms with Crippen LogP contribution in [0.25, 0.3) is 0 Å². The fourth-order valence-electron chi connectivity index (χ4n) is 6.79. The Morgan fingerprint density at radius 3 is 1.96 bits per heavy atom. The second-order valence-corrected chi connectivity index (χ2v) is 19.5. The number of carbonyl (C=O) groups is 3. The number of thioether (sulfide) groups is 1. The second-order valence-electron chi connectivity index (χ2n) is 13.0. The molecule has 3 heterocycles. The summed E-state index contributed by atoms with van der Waals surface area (Å²) in [6.07, 6.45) is 11.2. The largest absolute Gasteiger partial charge is 1.00 e. The molecule has 0 radical (unpaired) electrons. The highest BCUT2D eigenvalue weighted by molar-refractivity contribution is 8.00. The Balaban J connectivity index is 0.00000541. The van der Waals surface area contributed by atoms with Crippen molar-refractivity contribution < 1.29 is 36.1 Å². The van der Waals surface area contributed by atoms with E-state index in [-0.39, 0.29) is 40.6 Å². The van der Waals surface area contributed by atoms with Crippen LogP contribution in [0.4, 0.5) is 0 Å². The SMILES string of the molecule is CCCC[P+](CCCC)(CCCC)CC1=C(C(=O)OC(c2ccccc2)c2ccccc2)N2C(=O)[C@@H](NC(=O)Cc3cccs3)[C@H]2SC1.[Br-]. The number of hydrogen-bond acceptors (Lipinski definition) is 6. The van der Waals surface area contributed by atoms with Gasteiger partial charge in [0, 0.05) is 23.5 Å². The number of thiophene rings is 1. The first-order valence-corrected chi connectivity index (χ1v) is 22.0. The Bertz CT molecular complexity index is 1480. The zero-order valence-corrected chi connectivity index (χ0v) is 33.1. The molecule has 2 aromatic carbocycles. The van der Waals surface area contributed by atoms with Crippen molar-refractivity contribution in [2.75, 3.05) is 30.4 Å². The van der Waals surface area contributed by atoms with E-state index < -0.39 is 25.4 Å². The number of amides is 2.